The first-order valence-electron chi connectivity index (χ1n) is 4.43. The van der Waals surface area contributed by atoms with Gasteiger partial charge in [-0.05, 0) is 6.07 Å². The third-order valence-electron chi connectivity index (χ3n) is 2.04. The van der Waals surface area contributed by atoms with Gasteiger partial charge in [0.1, 0.15) is 5.69 Å². The molecule has 1 heterocycles. The summed E-state index contributed by atoms with van der Waals surface area (Å²) in [5.41, 5.74) is 0.547. The van der Waals surface area contributed by atoms with Gasteiger partial charge < -0.3 is 5.73 Å². The van der Waals surface area contributed by atoms with Crippen LogP contribution in [0.1, 0.15) is 33.7 Å². The molecule has 0 saturated heterocycles. The van der Waals surface area contributed by atoms with Crippen molar-refractivity contribution < 1.29 is 26.7 Å². The molecule has 0 aliphatic heterocycles. The molecule has 1 aromatic rings. The van der Waals surface area contributed by atoms with Crippen molar-refractivity contribution in [2.24, 2.45) is 5.73 Å². The van der Waals surface area contributed by atoms with Gasteiger partial charge in [-0.1, -0.05) is 0 Å². The molecule has 0 saturated carbocycles. The highest BCUT2D eigenvalue weighted by molar-refractivity contribution is 6.17. The molecular formula is C9H6ClF5N2O. The van der Waals surface area contributed by atoms with Crippen LogP contribution in [0.15, 0.2) is 6.07 Å². The number of primary amides is 1. The van der Waals surface area contributed by atoms with Crippen molar-refractivity contribution in [3.63, 3.8) is 0 Å². The van der Waals surface area contributed by atoms with Gasteiger partial charge in [-0.15, -0.1) is 11.6 Å². The monoisotopic (exact) mass is 288 g/mol. The molecule has 0 aliphatic rings. The summed E-state index contributed by atoms with van der Waals surface area (Å²) < 4.78 is 62.8. The van der Waals surface area contributed by atoms with Crippen LogP contribution in [0.3, 0.4) is 0 Å². The fraction of sp³-hybridized carbons (Fsp3) is 0.333. The summed E-state index contributed by atoms with van der Waals surface area (Å²) in [5, 5.41) is 0. The number of halogens is 6. The van der Waals surface area contributed by atoms with Crippen molar-refractivity contribution in [3.8, 4) is 0 Å². The van der Waals surface area contributed by atoms with Gasteiger partial charge in [-0.25, -0.2) is 13.8 Å². The zero-order chi connectivity index (χ0) is 14.1. The lowest BCUT2D eigenvalue weighted by atomic mass is 10.1. The molecule has 0 bridgehead atoms. The molecule has 0 aromatic carbocycles. The molecular weight excluding hydrogens is 283 g/mol. The first kappa shape index (κ1) is 14.6. The molecule has 0 spiro atoms. The minimum atomic E-state index is -4.86. The van der Waals surface area contributed by atoms with E-state index < -0.39 is 46.9 Å². The molecule has 9 heteroatoms. The Bertz CT molecular complexity index is 475. The van der Waals surface area contributed by atoms with Crippen molar-refractivity contribution in [2.45, 2.75) is 18.5 Å². The number of amides is 1. The van der Waals surface area contributed by atoms with Crippen molar-refractivity contribution in [1.82, 2.24) is 4.98 Å². The highest BCUT2D eigenvalue weighted by atomic mass is 35.5. The van der Waals surface area contributed by atoms with E-state index in [2.05, 4.69) is 4.98 Å². The Hall–Kier alpha value is -1.44. The maximum Gasteiger partial charge on any atom is 0.418 e. The highest BCUT2D eigenvalue weighted by Crippen LogP contribution is 2.34. The standard InChI is InChI=1S/C9H6ClF5N2O/c10-2-5-4(9(13,14)15)1-3(8(16)18)6(17-5)7(11)12/h1,7H,2H2,(H2,16,18). The van der Waals surface area contributed by atoms with Crippen LogP contribution in [0.5, 0.6) is 0 Å². The van der Waals surface area contributed by atoms with E-state index in [1.165, 1.54) is 0 Å². The van der Waals surface area contributed by atoms with E-state index in [-0.39, 0.29) is 6.07 Å². The van der Waals surface area contributed by atoms with E-state index in [0.29, 0.717) is 0 Å². The van der Waals surface area contributed by atoms with Crippen LogP contribution in [0, 0.1) is 0 Å². The molecule has 100 valence electrons. The maximum absolute atomic E-state index is 12.6. The molecule has 3 nitrogen and oxygen atoms in total. The second-order valence-electron chi connectivity index (χ2n) is 3.21. The number of carbonyl (C=O) groups is 1. The summed E-state index contributed by atoms with van der Waals surface area (Å²) >= 11 is 5.22. The third-order valence-corrected chi connectivity index (χ3v) is 2.29. The fourth-order valence-corrected chi connectivity index (χ4v) is 1.48. The summed E-state index contributed by atoms with van der Waals surface area (Å²) in [7, 11) is 0. The second kappa shape index (κ2) is 5.05. The number of aromatic nitrogens is 1. The molecule has 18 heavy (non-hydrogen) atoms. The predicted octanol–water partition coefficient (Wildman–Crippen LogP) is 2.88. The van der Waals surface area contributed by atoms with Gasteiger partial charge in [0.2, 0.25) is 0 Å². The highest BCUT2D eigenvalue weighted by Gasteiger charge is 2.36. The van der Waals surface area contributed by atoms with Gasteiger partial charge >= 0.3 is 6.18 Å². The number of nitrogens with zero attached hydrogens (tertiary/aromatic N) is 1. The molecule has 0 unspecified atom stereocenters. The molecule has 1 rings (SSSR count). The van der Waals surface area contributed by atoms with Gasteiger partial charge in [-0.3, -0.25) is 4.79 Å². The van der Waals surface area contributed by atoms with Crippen LogP contribution in [0.2, 0.25) is 0 Å². The average molecular weight is 289 g/mol. The largest absolute Gasteiger partial charge is 0.418 e. The number of pyridine rings is 1. The Kier molecular flexibility index (Phi) is 4.10. The quantitative estimate of drug-likeness (QED) is 0.687. The van der Waals surface area contributed by atoms with Crippen LogP contribution in [0.25, 0.3) is 0 Å². The molecule has 2 N–H and O–H groups in total. The Labute approximate surface area is 103 Å². The van der Waals surface area contributed by atoms with Crippen LogP contribution in [-0.4, -0.2) is 10.9 Å². The Morgan fingerprint density at radius 3 is 2.33 bits per heavy atom. The van der Waals surface area contributed by atoms with E-state index in [9.17, 15) is 26.7 Å². The van der Waals surface area contributed by atoms with Crippen LogP contribution in [-0.2, 0) is 12.1 Å². The number of hydrogen-bond acceptors (Lipinski definition) is 2. The fourth-order valence-electron chi connectivity index (χ4n) is 1.28. The average Bonchev–Trinajstić information content (AvgIpc) is 2.25. The van der Waals surface area contributed by atoms with Gasteiger partial charge in [0.15, 0.2) is 0 Å². The number of nitrogens with two attached hydrogens (primary N) is 1. The zero-order valence-electron chi connectivity index (χ0n) is 8.56. The lowest BCUT2D eigenvalue weighted by Gasteiger charge is -2.14. The molecule has 0 radical (unpaired) electrons. The van der Waals surface area contributed by atoms with E-state index in [1.54, 1.807) is 0 Å². The van der Waals surface area contributed by atoms with E-state index in [4.69, 9.17) is 17.3 Å². The number of hydrogen-bond donors (Lipinski definition) is 1. The first-order chi connectivity index (χ1) is 8.18. The first-order valence-corrected chi connectivity index (χ1v) is 4.96. The number of rotatable bonds is 3. The second-order valence-corrected chi connectivity index (χ2v) is 3.48. The zero-order valence-corrected chi connectivity index (χ0v) is 9.32. The maximum atomic E-state index is 12.6. The molecule has 0 atom stereocenters. The van der Waals surface area contributed by atoms with Crippen LogP contribution in [0.4, 0.5) is 22.0 Å². The smallest absolute Gasteiger partial charge is 0.366 e. The molecule has 1 amide bonds. The van der Waals surface area contributed by atoms with Gasteiger partial charge in [-0.2, -0.15) is 13.2 Å². The SMILES string of the molecule is NC(=O)c1cc(C(F)(F)F)c(CCl)nc1C(F)F. The Morgan fingerprint density at radius 1 is 1.44 bits per heavy atom. The minimum absolute atomic E-state index is 0.245. The van der Waals surface area contributed by atoms with Crippen LogP contribution < -0.4 is 5.73 Å². The van der Waals surface area contributed by atoms with Crippen molar-refractivity contribution in [2.75, 3.05) is 0 Å². The van der Waals surface area contributed by atoms with Crippen molar-refractivity contribution in [1.29, 1.82) is 0 Å². The molecule has 1 aromatic heterocycles. The number of carbonyl (C=O) groups excluding carboxylic acids is 1. The van der Waals surface area contributed by atoms with E-state index in [1.807, 2.05) is 0 Å². The molecule has 0 fully saturated rings. The van der Waals surface area contributed by atoms with Crippen molar-refractivity contribution in [3.05, 3.63) is 28.6 Å². The number of alkyl halides is 6. The summed E-state index contributed by atoms with van der Waals surface area (Å²) in [6.45, 7) is 0. The molecule has 0 aliphatic carbocycles. The minimum Gasteiger partial charge on any atom is -0.366 e. The predicted molar refractivity (Wildman–Crippen MR) is 52.3 cm³/mol. The summed E-state index contributed by atoms with van der Waals surface area (Å²) in [4.78, 5) is 13.9. The van der Waals surface area contributed by atoms with E-state index in [0.717, 1.165) is 0 Å². The normalized spacial score (nSPS) is 11.9. The van der Waals surface area contributed by atoms with E-state index >= 15 is 0 Å². The van der Waals surface area contributed by atoms with Gasteiger partial charge in [0.25, 0.3) is 12.3 Å². The van der Waals surface area contributed by atoms with Crippen LogP contribution >= 0.6 is 11.6 Å². The van der Waals surface area contributed by atoms with Gasteiger partial charge in [0, 0.05) is 0 Å². The van der Waals surface area contributed by atoms with Gasteiger partial charge in [0.05, 0.1) is 22.7 Å². The third kappa shape index (κ3) is 2.87. The Morgan fingerprint density at radius 2 is 2.00 bits per heavy atom. The van der Waals surface area contributed by atoms with Crippen molar-refractivity contribution >= 4 is 17.5 Å². The topological polar surface area (TPSA) is 56.0 Å². The lowest BCUT2D eigenvalue weighted by Crippen LogP contribution is -2.20. The summed E-state index contributed by atoms with van der Waals surface area (Å²) in [6, 6.07) is 0.245. The summed E-state index contributed by atoms with van der Waals surface area (Å²) in [6.07, 6.45) is -8.08. The summed E-state index contributed by atoms with van der Waals surface area (Å²) in [5.74, 6) is -2.13. The lowest BCUT2D eigenvalue weighted by molar-refractivity contribution is -0.138. The Balaban J connectivity index is 3.57.